The number of fused-ring (bicyclic) bond motifs is 3. The maximum absolute atomic E-state index is 12.6. The molecule has 3 aromatic carbocycles. The molecule has 124 valence electrons. The highest BCUT2D eigenvalue weighted by molar-refractivity contribution is 6.31. The van der Waals surface area contributed by atoms with Crippen LogP contribution in [0.2, 0.25) is 5.02 Å². The van der Waals surface area contributed by atoms with Crippen LogP contribution in [0.4, 0.5) is 5.69 Å². The van der Waals surface area contributed by atoms with Crippen LogP contribution >= 0.6 is 11.6 Å². The fourth-order valence-corrected chi connectivity index (χ4v) is 3.04. The van der Waals surface area contributed by atoms with Crippen LogP contribution < -0.4 is 10.1 Å². The number of hydrogen-bond acceptors (Lipinski definition) is 3. The third-order valence-electron chi connectivity index (χ3n) is 4.06. The highest BCUT2D eigenvalue weighted by Crippen LogP contribution is 2.31. The van der Waals surface area contributed by atoms with E-state index in [9.17, 15) is 4.79 Å². The average molecular weight is 352 g/mol. The third kappa shape index (κ3) is 2.81. The molecule has 4 rings (SSSR count). The molecule has 5 heteroatoms. The number of nitrogens with one attached hydrogen (secondary N) is 1. The molecule has 1 aromatic heterocycles. The summed E-state index contributed by atoms with van der Waals surface area (Å²) >= 11 is 6.00. The van der Waals surface area contributed by atoms with Crippen molar-refractivity contribution in [3.05, 3.63) is 71.4 Å². The molecule has 0 radical (unpaired) electrons. The molecule has 1 amide bonds. The van der Waals surface area contributed by atoms with Gasteiger partial charge < -0.3 is 14.5 Å². The molecule has 1 heterocycles. The van der Waals surface area contributed by atoms with E-state index in [-0.39, 0.29) is 11.7 Å². The molecule has 0 spiro atoms. The van der Waals surface area contributed by atoms with Crippen molar-refractivity contribution in [3.8, 4) is 5.75 Å². The topological polar surface area (TPSA) is 51.5 Å². The van der Waals surface area contributed by atoms with Gasteiger partial charge in [0, 0.05) is 10.4 Å². The summed E-state index contributed by atoms with van der Waals surface area (Å²) in [6, 6.07) is 18.6. The van der Waals surface area contributed by atoms with Crippen LogP contribution in [0.3, 0.4) is 0 Å². The Labute approximate surface area is 149 Å². The molecule has 0 unspecified atom stereocenters. The first-order valence-electron chi connectivity index (χ1n) is 7.72. The van der Waals surface area contributed by atoms with Gasteiger partial charge in [-0.25, -0.2) is 0 Å². The summed E-state index contributed by atoms with van der Waals surface area (Å²) in [5.74, 6) is 0.397. The van der Waals surface area contributed by atoms with Crippen molar-refractivity contribution >= 4 is 44.9 Å². The van der Waals surface area contributed by atoms with Gasteiger partial charge in [0.25, 0.3) is 5.91 Å². The van der Waals surface area contributed by atoms with Crippen molar-refractivity contribution in [3.63, 3.8) is 0 Å². The molecule has 4 aromatic rings. The van der Waals surface area contributed by atoms with Gasteiger partial charge in [-0.1, -0.05) is 41.9 Å². The van der Waals surface area contributed by atoms with E-state index in [4.69, 9.17) is 20.8 Å². The van der Waals surface area contributed by atoms with Crippen molar-refractivity contribution in [2.24, 2.45) is 0 Å². The van der Waals surface area contributed by atoms with E-state index in [0.29, 0.717) is 22.0 Å². The second-order valence-electron chi connectivity index (χ2n) is 5.61. The Bertz CT molecular complexity index is 1100. The molecule has 25 heavy (non-hydrogen) atoms. The van der Waals surface area contributed by atoms with Gasteiger partial charge in [0.1, 0.15) is 11.3 Å². The summed E-state index contributed by atoms with van der Waals surface area (Å²) in [6.45, 7) is 0. The molecule has 4 nitrogen and oxygen atoms in total. The first kappa shape index (κ1) is 15.5. The number of anilines is 1. The van der Waals surface area contributed by atoms with E-state index in [1.54, 1.807) is 24.3 Å². The lowest BCUT2D eigenvalue weighted by Gasteiger charge is -2.09. The maximum atomic E-state index is 12.6. The van der Waals surface area contributed by atoms with Crippen molar-refractivity contribution in [1.29, 1.82) is 0 Å². The number of methoxy groups -OCH3 is 1. The van der Waals surface area contributed by atoms with Crippen LogP contribution in [-0.2, 0) is 0 Å². The zero-order chi connectivity index (χ0) is 17.4. The SMILES string of the molecule is COc1ccc(Cl)cc1NC(=O)c1cc2c(ccc3ccccc32)o1. The first-order chi connectivity index (χ1) is 12.2. The number of amides is 1. The van der Waals surface area contributed by atoms with Gasteiger partial charge in [0.15, 0.2) is 5.76 Å². The fraction of sp³-hybridized carbons (Fsp3) is 0.0500. The molecule has 0 saturated heterocycles. The van der Waals surface area contributed by atoms with Crippen molar-refractivity contribution in [2.45, 2.75) is 0 Å². The lowest BCUT2D eigenvalue weighted by Crippen LogP contribution is -2.11. The Morgan fingerprint density at radius 1 is 1.04 bits per heavy atom. The minimum absolute atomic E-state index is 0.230. The largest absolute Gasteiger partial charge is 0.495 e. The lowest BCUT2D eigenvalue weighted by molar-refractivity contribution is 0.0998. The minimum atomic E-state index is -0.360. The molecule has 0 bridgehead atoms. The van der Waals surface area contributed by atoms with Gasteiger partial charge in [-0.3, -0.25) is 4.79 Å². The number of hydrogen-bond donors (Lipinski definition) is 1. The van der Waals surface area contributed by atoms with E-state index in [1.165, 1.54) is 7.11 Å². The summed E-state index contributed by atoms with van der Waals surface area (Å²) in [5, 5.41) is 6.34. The van der Waals surface area contributed by atoms with Crippen LogP contribution in [0.25, 0.3) is 21.7 Å². The second-order valence-corrected chi connectivity index (χ2v) is 6.04. The lowest BCUT2D eigenvalue weighted by atomic mass is 10.1. The Morgan fingerprint density at radius 2 is 1.88 bits per heavy atom. The Balaban J connectivity index is 1.73. The molecule has 0 atom stereocenters. The smallest absolute Gasteiger partial charge is 0.291 e. The summed E-state index contributed by atoms with van der Waals surface area (Å²) in [5.41, 5.74) is 1.16. The minimum Gasteiger partial charge on any atom is -0.495 e. The van der Waals surface area contributed by atoms with Crippen LogP contribution in [-0.4, -0.2) is 13.0 Å². The van der Waals surface area contributed by atoms with Gasteiger partial charge in [-0.15, -0.1) is 0 Å². The standard InChI is InChI=1S/C20H14ClNO3/c1-24-18-9-7-13(21)10-16(18)22-20(23)19-11-15-14-5-3-2-4-12(14)6-8-17(15)25-19/h2-11H,1H3,(H,22,23). The number of ether oxygens (including phenoxy) is 1. The number of benzene rings is 3. The van der Waals surface area contributed by atoms with Crippen molar-refractivity contribution < 1.29 is 13.9 Å². The predicted molar refractivity (Wildman–Crippen MR) is 99.7 cm³/mol. The normalized spacial score (nSPS) is 11.0. The Kier molecular flexibility index (Phi) is 3.82. The zero-order valence-electron chi connectivity index (χ0n) is 13.4. The number of carbonyl (C=O) groups excluding carboxylic acids is 1. The van der Waals surface area contributed by atoms with E-state index in [0.717, 1.165) is 16.2 Å². The van der Waals surface area contributed by atoms with Gasteiger partial charge in [0.2, 0.25) is 0 Å². The number of rotatable bonds is 3. The molecule has 0 aliphatic heterocycles. The van der Waals surface area contributed by atoms with Gasteiger partial charge in [-0.05, 0) is 41.1 Å². The van der Waals surface area contributed by atoms with Crippen LogP contribution in [0.15, 0.2) is 65.1 Å². The maximum Gasteiger partial charge on any atom is 0.291 e. The molecule has 1 N–H and O–H groups in total. The predicted octanol–water partition coefficient (Wildman–Crippen LogP) is 5.50. The monoisotopic (exact) mass is 351 g/mol. The molecular formula is C20H14ClNO3. The van der Waals surface area contributed by atoms with E-state index in [2.05, 4.69) is 5.32 Å². The highest BCUT2D eigenvalue weighted by atomic mass is 35.5. The van der Waals surface area contributed by atoms with Crippen LogP contribution in [0.1, 0.15) is 10.6 Å². The van der Waals surface area contributed by atoms with Crippen LogP contribution in [0, 0.1) is 0 Å². The van der Waals surface area contributed by atoms with Gasteiger partial charge in [0.05, 0.1) is 12.8 Å². The second kappa shape index (κ2) is 6.15. The molecule has 0 saturated carbocycles. The summed E-state index contributed by atoms with van der Waals surface area (Å²) in [4.78, 5) is 12.6. The quantitative estimate of drug-likeness (QED) is 0.530. The number of halogens is 1. The third-order valence-corrected chi connectivity index (χ3v) is 4.29. The summed E-state index contributed by atoms with van der Waals surface area (Å²) in [7, 11) is 1.53. The van der Waals surface area contributed by atoms with Crippen molar-refractivity contribution in [2.75, 3.05) is 12.4 Å². The van der Waals surface area contributed by atoms with Crippen molar-refractivity contribution in [1.82, 2.24) is 0 Å². The Morgan fingerprint density at radius 3 is 2.72 bits per heavy atom. The van der Waals surface area contributed by atoms with Crippen LogP contribution in [0.5, 0.6) is 5.75 Å². The molecule has 0 aliphatic carbocycles. The van der Waals surface area contributed by atoms with E-state index in [1.807, 2.05) is 36.4 Å². The molecule has 0 aliphatic rings. The van der Waals surface area contributed by atoms with E-state index >= 15 is 0 Å². The molecular weight excluding hydrogens is 338 g/mol. The summed E-state index contributed by atoms with van der Waals surface area (Å²) < 4.78 is 11.0. The number of carbonyl (C=O) groups is 1. The number of furan rings is 1. The average Bonchev–Trinajstić information content (AvgIpc) is 3.07. The molecule has 0 fully saturated rings. The fourth-order valence-electron chi connectivity index (χ4n) is 2.87. The summed E-state index contributed by atoms with van der Waals surface area (Å²) in [6.07, 6.45) is 0. The highest BCUT2D eigenvalue weighted by Gasteiger charge is 2.16. The van der Waals surface area contributed by atoms with Gasteiger partial charge in [-0.2, -0.15) is 0 Å². The Hall–Kier alpha value is -2.98. The first-order valence-corrected chi connectivity index (χ1v) is 8.10. The zero-order valence-corrected chi connectivity index (χ0v) is 14.1. The van der Waals surface area contributed by atoms with E-state index < -0.39 is 0 Å². The van der Waals surface area contributed by atoms with Gasteiger partial charge >= 0.3 is 0 Å².